The van der Waals surface area contributed by atoms with Crippen molar-refractivity contribution in [2.45, 2.75) is 43.6 Å². The summed E-state index contributed by atoms with van der Waals surface area (Å²) < 4.78 is 5.81. The first-order valence-corrected chi connectivity index (χ1v) is 7.26. The maximum absolute atomic E-state index is 10.1. The van der Waals surface area contributed by atoms with Gasteiger partial charge in [-0.2, -0.15) is 0 Å². The van der Waals surface area contributed by atoms with Crippen LogP contribution < -0.4 is 10.6 Å². The maximum atomic E-state index is 10.1. The summed E-state index contributed by atoms with van der Waals surface area (Å²) in [6.45, 7) is 6.11. The van der Waals surface area contributed by atoms with Crippen molar-refractivity contribution >= 4 is 29.3 Å². The van der Waals surface area contributed by atoms with Crippen LogP contribution in [0.4, 0.5) is 0 Å². The minimum atomic E-state index is -0.893. The predicted molar refractivity (Wildman–Crippen MR) is 79.0 cm³/mol. The van der Waals surface area contributed by atoms with E-state index in [0.29, 0.717) is 6.54 Å². The van der Waals surface area contributed by atoms with Crippen LogP contribution in [0.3, 0.4) is 0 Å². The smallest absolute Gasteiger partial charge is 0.159 e. The summed E-state index contributed by atoms with van der Waals surface area (Å²) in [6, 6.07) is -0.378. The first kappa shape index (κ1) is 17.0. The van der Waals surface area contributed by atoms with Gasteiger partial charge in [-0.05, 0) is 13.5 Å². The van der Waals surface area contributed by atoms with Crippen LogP contribution in [0, 0.1) is 0 Å². The molecule has 6 nitrogen and oxygen atoms in total. The van der Waals surface area contributed by atoms with E-state index in [1.807, 2.05) is 13.8 Å². The quantitative estimate of drug-likeness (QED) is 0.562. The van der Waals surface area contributed by atoms with Crippen LogP contribution in [-0.4, -0.2) is 64.8 Å². The number of aliphatic imine (C=N–C) groups is 1. The minimum Gasteiger partial charge on any atom is -0.388 e. The third-order valence-electron chi connectivity index (χ3n) is 3.09. The van der Waals surface area contributed by atoms with Crippen LogP contribution in [0.15, 0.2) is 4.99 Å². The number of nitrogens with zero attached hydrogens (tertiary/aromatic N) is 1. The molecule has 2 aliphatic rings. The molecule has 0 aromatic rings. The summed E-state index contributed by atoms with van der Waals surface area (Å²) in [5, 5.41) is 27.1. The molecular formula is C11H22ClN3O3S. The summed E-state index contributed by atoms with van der Waals surface area (Å²) in [7, 11) is 0. The monoisotopic (exact) mass is 311 g/mol. The highest BCUT2D eigenvalue weighted by Gasteiger charge is 2.47. The van der Waals surface area contributed by atoms with E-state index in [1.54, 1.807) is 0 Å². The Balaban J connectivity index is 0.00000180. The largest absolute Gasteiger partial charge is 0.388 e. The van der Waals surface area contributed by atoms with E-state index in [1.165, 1.54) is 11.8 Å². The fraction of sp³-hybridized carbons (Fsp3) is 0.909. The lowest BCUT2D eigenvalue weighted by Gasteiger charge is -2.38. The first-order valence-electron chi connectivity index (χ1n) is 6.38. The normalized spacial score (nSPS) is 37.3. The van der Waals surface area contributed by atoms with Gasteiger partial charge in [-0.25, -0.2) is 0 Å². The molecule has 0 aromatic heterocycles. The fourth-order valence-electron chi connectivity index (χ4n) is 2.12. The van der Waals surface area contributed by atoms with Gasteiger partial charge in [0, 0.05) is 13.1 Å². The number of likely N-dealkylation sites (N-methyl/N-ethyl adjacent to an activating group) is 1. The third kappa shape index (κ3) is 3.74. The molecule has 0 saturated carbocycles. The van der Waals surface area contributed by atoms with Gasteiger partial charge >= 0.3 is 0 Å². The van der Waals surface area contributed by atoms with Crippen LogP contribution in [0.25, 0.3) is 0 Å². The third-order valence-corrected chi connectivity index (χ3v) is 4.18. The Morgan fingerprint density at radius 2 is 2.00 bits per heavy atom. The van der Waals surface area contributed by atoms with E-state index in [4.69, 9.17) is 4.74 Å². The van der Waals surface area contributed by atoms with Gasteiger partial charge in [0.2, 0.25) is 0 Å². The van der Waals surface area contributed by atoms with E-state index in [-0.39, 0.29) is 30.0 Å². The number of hydrogen-bond acceptors (Lipinski definition) is 7. The van der Waals surface area contributed by atoms with E-state index in [9.17, 15) is 10.2 Å². The Morgan fingerprint density at radius 3 is 2.63 bits per heavy atom. The zero-order valence-corrected chi connectivity index (χ0v) is 12.7. The molecule has 1 saturated heterocycles. The van der Waals surface area contributed by atoms with Gasteiger partial charge in [-0.1, -0.05) is 18.7 Å². The second-order valence-electron chi connectivity index (χ2n) is 4.40. The van der Waals surface area contributed by atoms with E-state index in [2.05, 4.69) is 15.6 Å². The van der Waals surface area contributed by atoms with Gasteiger partial charge in [0.05, 0.1) is 0 Å². The fourth-order valence-corrected chi connectivity index (χ4v) is 3.31. The summed E-state index contributed by atoms with van der Waals surface area (Å²) in [5.41, 5.74) is -0.207. The molecule has 5 atom stereocenters. The van der Waals surface area contributed by atoms with Crippen molar-refractivity contribution in [3.8, 4) is 0 Å². The molecule has 0 radical (unpaired) electrons. The first-order chi connectivity index (χ1) is 8.67. The number of nitrogens with one attached hydrogen (secondary N) is 2. The topological polar surface area (TPSA) is 86.1 Å². The lowest BCUT2D eigenvalue weighted by atomic mass is 9.98. The molecule has 8 heteroatoms. The highest BCUT2D eigenvalue weighted by atomic mass is 35.5. The molecule has 112 valence electrons. The van der Waals surface area contributed by atoms with Crippen LogP contribution in [0.2, 0.25) is 0 Å². The Labute approximate surface area is 123 Å². The molecule has 0 aliphatic carbocycles. The van der Waals surface area contributed by atoms with Crippen molar-refractivity contribution in [3.05, 3.63) is 0 Å². The number of ether oxygens (including phenoxy) is 1. The van der Waals surface area contributed by atoms with Gasteiger partial charge < -0.3 is 25.6 Å². The van der Waals surface area contributed by atoms with E-state index >= 15 is 0 Å². The number of fused-ring (bicyclic) bond motifs is 1. The zero-order chi connectivity index (χ0) is 13.1. The molecule has 2 aliphatic heterocycles. The van der Waals surface area contributed by atoms with Crippen molar-refractivity contribution in [1.82, 2.24) is 10.6 Å². The molecule has 0 spiro atoms. The van der Waals surface area contributed by atoms with Gasteiger partial charge in [-0.15, -0.1) is 12.4 Å². The number of rotatable bonds is 4. The van der Waals surface area contributed by atoms with Gasteiger partial charge in [0.1, 0.15) is 29.8 Å². The number of amidine groups is 1. The van der Waals surface area contributed by atoms with Crippen molar-refractivity contribution in [2.24, 2.45) is 4.99 Å². The average molecular weight is 312 g/mol. The lowest BCUT2D eigenvalue weighted by Crippen LogP contribution is -2.57. The molecule has 19 heavy (non-hydrogen) atoms. The molecular weight excluding hydrogens is 290 g/mol. The molecule has 1 fully saturated rings. The van der Waals surface area contributed by atoms with Crippen LogP contribution in [0.1, 0.15) is 13.8 Å². The Hall–Kier alpha value is -0.0500. The van der Waals surface area contributed by atoms with Crippen LogP contribution >= 0.6 is 24.2 Å². The predicted octanol–water partition coefficient (Wildman–Crippen LogP) is -0.455. The number of aliphatic hydroxyl groups excluding tert-OH is 2. The minimum absolute atomic E-state index is 0. The van der Waals surface area contributed by atoms with E-state index < -0.39 is 12.2 Å². The summed E-state index contributed by atoms with van der Waals surface area (Å²) >= 11 is 1.48. The number of halogens is 1. The highest BCUT2D eigenvalue weighted by Crippen LogP contribution is 2.35. The Bertz CT molecular complexity index is 322. The molecule has 2 heterocycles. The van der Waals surface area contributed by atoms with Gasteiger partial charge in [0.15, 0.2) is 5.17 Å². The standard InChI is InChI=1S/C11H21N3O3S.ClH/c1-3-12-5-6-8(15)9(16)7-10(17-6)18-11(14-7)13-4-2;/h6-10,12,15-16H,3-5H2,1-2H3,(H,13,14);1H/t6-,7-,8-,9-,10-;/m1./s1. The van der Waals surface area contributed by atoms with Gasteiger partial charge in [0.25, 0.3) is 0 Å². The highest BCUT2D eigenvalue weighted by molar-refractivity contribution is 8.14. The second kappa shape index (κ2) is 7.66. The SMILES string of the molecule is CCNC[C@H]1O[C@@H]2SC(NCC)=N[C@@H]2[C@@H](O)[C@@H]1O.Cl. The van der Waals surface area contributed by atoms with Gasteiger partial charge in [-0.3, -0.25) is 4.99 Å². The van der Waals surface area contributed by atoms with Crippen molar-refractivity contribution < 1.29 is 14.9 Å². The van der Waals surface area contributed by atoms with E-state index in [0.717, 1.165) is 18.3 Å². The molecule has 2 rings (SSSR count). The molecule has 4 N–H and O–H groups in total. The molecule has 0 amide bonds. The lowest BCUT2D eigenvalue weighted by molar-refractivity contribution is -0.150. The Kier molecular flexibility index (Phi) is 6.85. The summed E-state index contributed by atoms with van der Waals surface area (Å²) in [5.74, 6) is 0. The van der Waals surface area contributed by atoms with Crippen molar-refractivity contribution in [3.63, 3.8) is 0 Å². The summed E-state index contributed by atoms with van der Waals surface area (Å²) in [6.07, 6.45) is -2.14. The number of hydrogen-bond donors (Lipinski definition) is 4. The van der Waals surface area contributed by atoms with Crippen LogP contribution in [0.5, 0.6) is 0 Å². The zero-order valence-electron chi connectivity index (χ0n) is 11.1. The average Bonchev–Trinajstić information content (AvgIpc) is 2.75. The molecule has 0 unspecified atom stereocenters. The molecule has 0 aromatic carbocycles. The maximum Gasteiger partial charge on any atom is 0.159 e. The molecule has 0 bridgehead atoms. The second-order valence-corrected chi connectivity index (χ2v) is 5.49. The van der Waals surface area contributed by atoms with Crippen molar-refractivity contribution in [1.29, 1.82) is 0 Å². The number of thioether (sulfide) groups is 1. The Morgan fingerprint density at radius 1 is 1.26 bits per heavy atom. The van der Waals surface area contributed by atoms with Crippen LogP contribution in [-0.2, 0) is 4.74 Å². The number of aliphatic hydroxyl groups is 2. The van der Waals surface area contributed by atoms with Crippen molar-refractivity contribution in [2.75, 3.05) is 19.6 Å². The summed E-state index contributed by atoms with van der Waals surface area (Å²) in [4.78, 5) is 4.36.